The first-order valence-electron chi connectivity index (χ1n) is 5.17. The average molecular weight is 319 g/mol. The smallest absolute Gasteiger partial charge is 0.335 e. The van der Waals surface area contributed by atoms with Gasteiger partial charge in [-0.25, -0.2) is 9.78 Å². The number of ether oxygens (including phenoxy) is 1. The molecule has 0 unspecified atom stereocenters. The molecule has 0 spiro atoms. The Labute approximate surface area is 117 Å². The summed E-state index contributed by atoms with van der Waals surface area (Å²) in [6.07, 6.45) is 1.49. The number of pyridine rings is 1. The molecule has 0 atom stereocenters. The SMILES string of the molecule is N#Cc1cccnc1Oc1cc(C(=O)O)ccc1Br. The molecule has 0 aliphatic heterocycles. The van der Waals surface area contributed by atoms with Gasteiger partial charge in [-0.2, -0.15) is 5.26 Å². The highest BCUT2D eigenvalue weighted by Crippen LogP contribution is 2.31. The summed E-state index contributed by atoms with van der Waals surface area (Å²) in [6, 6.07) is 9.51. The van der Waals surface area contributed by atoms with Crippen LogP contribution in [0.5, 0.6) is 11.6 Å². The lowest BCUT2D eigenvalue weighted by Crippen LogP contribution is -1.98. The van der Waals surface area contributed by atoms with Crippen molar-refractivity contribution in [3.8, 4) is 17.7 Å². The van der Waals surface area contributed by atoms with Crippen molar-refractivity contribution in [1.82, 2.24) is 4.98 Å². The van der Waals surface area contributed by atoms with Crippen molar-refractivity contribution in [2.45, 2.75) is 0 Å². The Balaban J connectivity index is 2.41. The normalized spacial score (nSPS) is 9.68. The minimum absolute atomic E-state index is 0.0904. The number of carboxylic acids is 1. The molecule has 1 aromatic carbocycles. The van der Waals surface area contributed by atoms with Crippen LogP contribution in [-0.2, 0) is 0 Å². The Morgan fingerprint density at radius 1 is 1.42 bits per heavy atom. The Morgan fingerprint density at radius 2 is 2.21 bits per heavy atom. The van der Waals surface area contributed by atoms with E-state index in [4.69, 9.17) is 15.1 Å². The number of nitriles is 1. The largest absolute Gasteiger partial charge is 0.478 e. The van der Waals surface area contributed by atoms with Crippen LogP contribution in [0.3, 0.4) is 0 Å². The topological polar surface area (TPSA) is 83.2 Å². The maximum absolute atomic E-state index is 10.9. The molecular weight excluding hydrogens is 312 g/mol. The third kappa shape index (κ3) is 2.89. The quantitative estimate of drug-likeness (QED) is 0.939. The van der Waals surface area contributed by atoms with Crippen LogP contribution in [0, 0.1) is 11.3 Å². The van der Waals surface area contributed by atoms with Gasteiger partial charge < -0.3 is 9.84 Å². The number of nitrogens with zero attached hydrogens (tertiary/aromatic N) is 2. The number of hydrogen-bond donors (Lipinski definition) is 1. The molecular formula is C13H7BrN2O3. The fourth-order valence-electron chi connectivity index (χ4n) is 1.38. The lowest BCUT2D eigenvalue weighted by Gasteiger charge is -2.08. The van der Waals surface area contributed by atoms with Gasteiger partial charge in [0.15, 0.2) is 0 Å². The number of carboxylic acid groups (broad SMARTS) is 1. The summed E-state index contributed by atoms with van der Waals surface area (Å²) in [6.45, 7) is 0. The Hall–Kier alpha value is -2.39. The van der Waals surface area contributed by atoms with E-state index in [-0.39, 0.29) is 22.8 Å². The monoisotopic (exact) mass is 318 g/mol. The van der Waals surface area contributed by atoms with Crippen LogP contribution in [0.1, 0.15) is 15.9 Å². The van der Waals surface area contributed by atoms with E-state index in [0.29, 0.717) is 4.47 Å². The summed E-state index contributed by atoms with van der Waals surface area (Å²) >= 11 is 3.25. The minimum atomic E-state index is -1.06. The molecule has 1 N–H and O–H groups in total. The Morgan fingerprint density at radius 3 is 2.89 bits per heavy atom. The molecule has 0 aliphatic rings. The highest BCUT2D eigenvalue weighted by Gasteiger charge is 2.11. The molecule has 19 heavy (non-hydrogen) atoms. The summed E-state index contributed by atoms with van der Waals surface area (Å²) in [5.41, 5.74) is 0.364. The molecule has 1 aromatic heterocycles. The van der Waals surface area contributed by atoms with E-state index in [1.165, 1.54) is 18.3 Å². The molecule has 0 saturated heterocycles. The number of benzene rings is 1. The summed E-state index contributed by atoms with van der Waals surface area (Å²) in [5, 5.41) is 17.9. The number of hydrogen-bond acceptors (Lipinski definition) is 4. The average Bonchev–Trinajstić information content (AvgIpc) is 2.41. The summed E-state index contributed by atoms with van der Waals surface area (Å²) in [7, 11) is 0. The molecule has 0 saturated carbocycles. The molecule has 2 aromatic rings. The van der Waals surface area contributed by atoms with Gasteiger partial charge >= 0.3 is 5.97 Å². The third-order valence-electron chi connectivity index (χ3n) is 2.28. The van der Waals surface area contributed by atoms with Crippen molar-refractivity contribution in [2.75, 3.05) is 0 Å². The zero-order chi connectivity index (χ0) is 13.8. The van der Waals surface area contributed by atoms with Crippen molar-refractivity contribution in [3.05, 3.63) is 52.1 Å². The molecule has 0 amide bonds. The van der Waals surface area contributed by atoms with Gasteiger partial charge in [0.25, 0.3) is 0 Å². The molecule has 0 fully saturated rings. The second-order valence-corrected chi connectivity index (χ2v) is 4.37. The summed E-state index contributed by atoms with van der Waals surface area (Å²) < 4.78 is 6.05. The molecule has 0 bridgehead atoms. The maximum atomic E-state index is 10.9. The fraction of sp³-hybridized carbons (Fsp3) is 0. The number of aromatic nitrogens is 1. The van der Waals surface area contributed by atoms with Gasteiger partial charge in [0, 0.05) is 6.20 Å². The van der Waals surface area contributed by atoms with Gasteiger partial charge in [0.05, 0.1) is 10.0 Å². The van der Waals surface area contributed by atoms with Gasteiger partial charge in [-0.15, -0.1) is 0 Å². The van der Waals surface area contributed by atoms with Crippen molar-refractivity contribution in [3.63, 3.8) is 0 Å². The first-order valence-corrected chi connectivity index (χ1v) is 5.97. The number of rotatable bonds is 3. The molecule has 1 heterocycles. The third-order valence-corrected chi connectivity index (χ3v) is 2.93. The van der Waals surface area contributed by atoms with Crippen LogP contribution < -0.4 is 4.74 Å². The summed E-state index contributed by atoms with van der Waals surface area (Å²) in [5.74, 6) is -0.637. The molecule has 6 heteroatoms. The predicted octanol–water partition coefficient (Wildman–Crippen LogP) is 3.21. The maximum Gasteiger partial charge on any atom is 0.335 e. The van der Waals surface area contributed by atoms with E-state index in [1.54, 1.807) is 18.2 Å². The highest BCUT2D eigenvalue weighted by molar-refractivity contribution is 9.10. The van der Waals surface area contributed by atoms with E-state index in [1.807, 2.05) is 6.07 Å². The van der Waals surface area contributed by atoms with Gasteiger partial charge in [-0.1, -0.05) is 0 Å². The van der Waals surface area contributed by atoms with Gasteiger partial charge in [-0.3, -0.25) is 0 Å². The minimum Gasteiger partial charge on any atom is -0.478 e. The summed E-state index contributed by atoms with van der Waals surface area (Å²) in [4.78, 5) is 14.8. The van der Waals surface area contributed by atoms with Gasteiger partial charge in [0.1, 0.15) is 17.4 Å². The van der Waals surface area contributed by atoms with Crippen LogP contribution in [0.25, 0.3) is 0 Å². The Bertz CT molecular complexity index is 680. The number of carbonyl (C=O) groups is 1. The predicted molar refractivity (Wildman–Crippen MR) is 70.1 cm³/mol. The van der Waals surface area contributed by atoms with Crippen molar-refractivity contribution < 1.29 is 14.6 Å². The lowest BCUT2D eigenvalue weighted by atomic mass is 10.2. The van der Waals surface area contributed by atoms with Crippen molar-refractivity contribution in [1.29, 1.82) is 5.26 Å². The van der Waals surface area contributed by atoms with Gasteiger partial charge in [-0.05, 0) is 46.3 Å². The number of halogens is 1. The fourth-order valence-corrected chi connectivity index (χ4v) is 1.70. The van der Waals surface area contributed by atoms with Crippen LogP contribution in [0.2, 0.25) is 0 Å². The second kappa shape index (κ2) is 5.50. The van der Waals surface area contributed by atoms with Crippen molar-refractivity contribution in [2.24, 2.45) is 0 Å². The van der Waals surface area contributed by atoms with Crippen molar-refractivity contribution >= 4 is 21.9 Å². The van der Waals surface area contributed by atoms with E-state index >= 15 is 0 Å². The van der Waals surface area contributed by atoms with Crippen LogP contribution in [0.4, 0.5) is 0 Å². The first-order chi connectivity index (χ1) is 9.11. The van der Waals surface area contributed by atoms with Crippen LogP contribution in [-0.4, -0.2) is 16.1 Å². The zero-order valence-electron chi connectivity index (χ0n) is 9.50. The first kappa shape index (κ1) is 13.1. The highest BCUT2D eigenvalue weighted by atomic mass is 79.9. The van der Waals surface area contributed by atoms with E-state index in [0.717, 1.165) is 0 Å². The Kier molecular flexibility index (Phi) is 3.78. The lowest BCUT2D eigenvalue weighted by molar-refractivity contribution is 0.0696. The standard InChI is InChI=1S/C13H7BrN2O3/c14-10-4-3-8(13(17)18)6-11(10)19-12-9(7-15)2-1-5-16-12/h1-6H,(H,17,18). The molecule has 0 aliphatic carbocycles. The van der Waals surface area contributed by atoms with E-state index in [9.17, 15) is 4.79 Å². The second-order valence-electron chi connectivity index (χ2n) is 3.52. The van der Waals surface area contributed by atoms with Crippen LogP contribution >= 0.6 is 15.9 Å². The van der Waals surface area contributed by atoms with Gasteiger partial charge in [0.2, 0.25) is 5.88 Å². The molecule has 5 nitrogen and oxygen atoms in total. The zero-order valence-corrected chi connectivity index (χ0v) is 11.1. The van der Waals surface area contributed by atoms with E-state index < -0.39 is 5.97 Å². The van der Waals surface area contributed by atoms with E-state index in [2.05, 4.69) is 20.9 Å². The molecule has 0 radical (unpaired) electrons. The molecule has 94 valence electrons. The number of aromatic carboxylic acids is 1. The van der Waals surface area contributed by atoms with Crippen LogP contribution in [0.15, 0.2) is 41.0 Å². The molecule has 2 rings (SSSR count).